The predicted molar refractivity (Wildman–Crippen MR) is 62.8 cm³/mol. The Bertz CT molecular complexity index is 447. The summed E-state index contributed by atoms with van der Waals surface area (Å²) in [6, 6.07) is 0. The number of aliphatic hydroxyl groups is 4. The monoisotopic (exact) mass is 258 g/mol. The lowest BCUT2D eigenvalue weighted by Gasteiger charge is -2.29. The van der Waals surface area contributed by atoms with Gasteiger partial charge in [0.05, 0.1) is 6.61 Å². The zero-order chi connectivity index (χ0) is 14.0. The molecule has 0 aromatic carbocycles. The van der Waals surface area contributed by atoms with Gasteiger partial charge in [0.1, 0.15) is 28.5 Å². The van der Waals surface area contributed by atoms with Gasteiger partial charge in [-0.15, -0.1) is 0 Å². The van der Waals surface area contributed by atoms with Crippen LogP contribution in [0.1, 0.15) is 34.6 Å². The number of fused-ring (bicyclic) bond motifs is 3. The lowest BCUT2D eigenvalue weighted by molar-refractivity contribution is -0.142. The van der Waals surface area contributed by atoms with Gasteiger partial charge < -0.3 is 25.2 Å². The number of hydrogen-bond acceptors (Lipinski definition) is 5. The van der Waals surface area contributed by atoms with E-state index >= 15 is 0 Å². The van der Waals surface area contributed by atoms with Crippen molar-refractivity contribution in [2.24, 2.45) is 10.8 Å². The first-order chi connectivity index (χ1) is 7.94. The summed E-state index contributed by atoms with van der Waals surface area (Å²) < 4.78 is 5.96. The molecule has 3 rings (SSSR count). The average molecular weight is 258 g/mol. The maximum absolute atomic E-state index is 11.0. The molecule has 0 spiro atoms. The molecule has 1 aliphatic heterocycles. The molecule has 5 unspecified atom stereocenters. The summed E-state index contributed by atoms with van der Waals surface area (Å²) in [7, 11) is 0. The van der Waals surface area contributed by atoms with E-state index < -0.39 is 45.9 Å². The van der Waals surface area contributed by atoms with Gasteiger partial charge in [-0.1, -0.05) is 27.7 Å². The first kappa shape index (κ1) is 12.8. The Morgan fingerprint density at radius 2 is 1.44 bits per heavy atom. The number of ether oxygens (including phenoxy) is 1. The minimum atomic E-state index is -1.53. The molecule has 4 N–H and O–H groups in total. The highest BCUT2D eigenvalue weighted by Crippen LogP contribution is 2.91. The molecule has 2 saturated carbocycles. The minimum absolute atomic E-state index is 0.502. The number of aliphatic hydroxyl groups excluding tert-OH is 2. The second-order valence-corrected chi connectivity index (χ2v) is 7.24. The summed E-state index contributed by atoms with van der Waals surface area (Å²) >= 11 is 0. The largest absolute Gasteiger partial charge is 0.394 e. The van der Waals surface area contributed by atoms with Crippen LogP contribution in [0.2, 0.25) is 0 Å². The van der Waals surface area contributed by atoms with Crippen molar-refractivity contribution < 1.29 is 25.2 Å². The molecule has 18 heavy (non-hydrogen) atoms. The third kappa shape index (κ3) is 0.653. The summed E-state index contributed by atoms with van der Waals surface area (Å²) in [5, 5.41) is 41.1. The van der Waals surface area contributed by atoms with Gasteiger partial charge in [-0.2, -0.15) is 0 Å². The zero-order valence-corrected chi connectivity index (χ0v) is 11.5. The van der Waals surface area contributed by atoms with Crippen molar-refractivity contribution in [2.45, 2.75) is 63.1 Å². The van der Waals surface area contributed by atoms with Crippen molar-refractivity contribution >= 4 is 0 Å². The third-order valence-electron chi connectivity index (χ3n) is 6.56. The smallest absolute Gasteiger partial charge is 0.137 e. The van der Waals surface area contributed by atoms with Crippen LogP contribution in [-0.2, 0) is 4.74 Å². The van der Waals surface area contributed by atoms with Gasteiger partial charge in [-0.05, 0) is 6.92 Å². The Kier molecular flexibility index (Phi) is 1.79. The molecule has 0 radical (unpaired) electrons. The van der Waals surface area contributed by atoms with Crippen LogP contribution in [0.15, 0.2) is 0 Å². The van der Waals surface area contributed by atoms with Gasteiger partial charge in [0.25, 0.3) is 0 Å². The average Bonchev–Trinajstić information content (AvgIpc) is 2.75. The number of hydrogen-bond donors (Lipinski definition) is 4. The van der Waals surface area contributed by atoms with E-state index in [1.54, 1.807) is 20.8 Å². The quantitative estimate of drug-likeness (QED) is 0.531. The second-order valence-electron chi connectivity index (χ2n) is 7.24. The van der Waals surface area contributed by atoms with Crippen LogP contribution in [0, 0.1) is 10.8 Å². The number of rotatable bonds is 2. The van der Waals surface area contributed by atoms with E-state index in [1.165, 1.54) is 0 Å². The molecular formula is C13H22O5. The van der Waals surface area contributed by atoms with E-state index in [-0.39, 0.29) is 0 Å². The summed E-state index contributed by atoms with van der Waals surface area (Å²) in [6.45, 7) is 8.43. The SMILES string of the molecule is CC1(C)C2(C)OC3(C(O)CO)C(C)(C)C3(O)C12O. The normalized spacial score (nSPS) is 59.8. The molecule has 104 valence electrons. The molecule has 2 aliphatic carbocycles. The van der Waals surface area contributed by atoms with Crippen LogP contribution in [0.3, 0.4) is 0 Å². The summed E-state index contributed by atoms with van der Waals surface area (Å²) in [5.74, 6) is 0. The van der Waals surface area contributed by atoms with Crippen molar-refractivity contribution in [2.75, 3.05) is 6.61 Å². The first-order valence-corrected chi connectivity index (χ1v) is 6.38. The van der Waals surface area contributed by atoms with Crippen molar-refractivity contribution in [1.82, 2.24) is 0 Å². The van der Waals surface area contributed by atoms with Crippen LogP contribution in [0.4, 0.5) is 0 Å². The molecule has 0 bridgehead atoms. The Hall–Kier alpha value is -0.200. The van der Waals surface area contributed by atoms with Gasteiger partial charge in [-0.25, -0.2) is 0 Å². The van der Waals surface area contributed by atoms with Crippen LogP contribution >= 0.6 is 0 Å². The van der Waals surface area contributed by atoms with Gasteiger partial charge in [-0.3, -0.25) is 0 Å². The fourth-order valence-corrected chi connectivity index (χ4v) is 4.97. The maximum Gasteiger partial charge on any atom is 0.137 e. The maximum atomic E-state index is 11.0. The molecule has 0 amide bonds. The Labute approximate surface area is 106 Å². The molecule has 5 heteroatoms. The van der Waals surface area contributed by atoms with Crippen molar-refractivity contribution in [1.29, 1.82) is 0 Å². The molecule has 3 aliphatic rings. The Balaban J connectivity index is 2.16. The Morgan fingerprint density at radius 1 is 0.944 bits per heavy atom. The topological polar surface area (TPSA) is 90.2 Å². The molecule has 1 saturated heterocycles. The van der Waals surface area contributed by atoms with Gasteiger partial charge in [0, 0.05) is 10.8 Å². The fourth-order valence-electron chi connectivity index (χ4n) is 4.97. The van der Waals surface area contributed by atoms with Crippen LogP contribution in [0.25, 0.3) is 0 Å². The van der Waals surface area contributed by atoms with E-state index in [0.717, 1.165) is 0 Å². The summed E-state index contributed by atoms with van der Waals surface area (Å²) in [4.78, 5) is 0. The molecule has 0 aromatic rings. The van der Waals surface area contributed by atoms with Gasteiger partial charge >= 0.3 is 0 Å². The molecule has 1 heterocycles. The van der Waals surface area contributed by atoms with Crippen molar-refractivity contribution in [3.05, 3.63) is 0 Å². The van der Waals surface area contributed by atoms with Crippen molar-refractivity contribution in [3.8, 4) is 0 Å². The van der Waals surface area contributed by atoms with Crippen molar-refractivity contribution in [3.63, 3.8) is 0 Å². The molecule has 5 nitrogen and oxygen atoms in total. The van der Waals surface area contributed by atoms with Crippen LogP contribution < -0.4 is 0 Å². The lowest BCUT2D eigenvalue weighted by atomic mass is 9.93. The highest BCUT2D eigenvalue weighted by Gasteiger charge is 3.10. The molecule has 3 fully saturated rings. The standard InChI is InChI=1S/C13H22O5/c1-8(2)10(5)12(8,16)13(17)9(3,4)11(13,18-10)7(15)6-14/h7,14-17H,6H2,1-5H3. The van der Waals surface area contributed by atoms with Gasteiger partial charge in [0.2, 0.25) is 0 Å². The van der Waals surface area contributed by atoms with E-state index in [1.807, 2.05) is 13.8 Å². The first-order valence-electron chi connectivity index (χ1n) is 6.38. The predicted octanol–water partition coefficient (Wildman–Crippen LogP) is -0.591. The Morgan fingerprint density at radius 3 is 1.83 bits per heavy atom. The van der Waals surface area contributed by atoms with E-state index in [2.05, 4.69) is 0 Å². The van der Waals surface area contributed by atoms with Crippen LogP contribution in [0.5, 0.6) is 0 Å². The molecule has 5 atom stereocenters. The fraction of sp³-hybridized carbons (Fsp3) is 1.00. The minimum Gasteiger partial charge on any atom is -0.394 e. The third-order valence-corrected chi connectivity index (χ3v) is 6.56. The van der Waals surface area contributed by atoms with E-state index in [9.17, 15) is 20.4 Å². The van der Waals surface area contributed by atoms with Crippen LogP contribution in [-0.4, -0.2) is 55.5 Å². The van der Waals surface area contributed by atoms with E-state index in [4.69, 9.17) is 4.74 Å². The highest BCUT2D eigenvalue weighted by atomic mass is 16.6. The second kappa shape index (κ2) is 2.52. The lowest BCUT2D eigenvalue weighted by Crippen LogP contribution is -2.46. The summed E-state index contributed by atoms with van der Waals surface area (Å²) in [5.41, 5.74) is -6.49. The van der Waals surface area contributed by atoms with Gasteiger partial charge in [0.15, 0.2) is 0 Å². The summed E-state index contributed by atoms with van der Waals surface area (Å²) in [6.07, 6.45) is -1.21. The molecular weight excluding hydrogens is 236 g/mol. The highest BCUT2D eigenvalue weighted by molar-refractivity contribution is 5.58. The molecule has 0 aromatic heterocycles. The van der Waals surface area contributed by atoms with E-state index in [0.29, 0.717) is 0 Å². The zero-order valence-electron chi connectivity index (χ0n) is 11.5.